The zero-order chi connectivity index (χ0) is 14.0. The standard InChI is InChI=1S/C17H16O2/c1-11-9-12(2)16(18)15(10-11)17(19)13(3)14-7-5-4-6-8-14/h4-10,18H,3H2,1-2H3. The number of phenolic OH excluding ortho intramolecular Hbond substituents is 1. The molecule has 2 heteroatoms. The van der Waals surface area contributed by atoms with Crippen molar-refractivity contribution in [3.05, 3.63) is 71.3 Å². The molecular weight excluding hydrogens is 236 g/mol. The largest absolute Gasteiger partial charge is 0.507 e. The molecule has 0 aliphatic carbocycles. The highest BCUT2D eigenvalue weighted by atomic mass is 16.3. The third-order valence-electron chi connectivity index (χ3n) is 3.09. The van der Waals surface area contributed by atoms with E-state index in [9.17, 15) is 9.90 Å². The third-order valence-corrected chi connectivity index (χ3v) is 3.09. The Morgan fingerprint density at radius 2 is 1.74 bits per heavy atom. The summed E-state index contributed by atoms with van der Waals surface area (Å²) >= 11 is 0. The molecule has 0 aliphatic heterocycles. The van der Waals surface area contributed by atoms with Crippen molar-refractivity contribution < 1.29 is 9.90 Å². The van der Waals surface area contributed by atoms with E-state index >= 15 is 0 Å². The Labute approximate surface area is 113 Å². The Morgan fingerprint density at radius 1 is 1.11 bits per heavy atom. The Hall–Kier alpha value is -2.35. The van der Waals surface area contributed by atoms with Crippen LogP contribution in [0.5, 0.6) is 5.75 Å². The van der Waals surface area contributed by atoms with Crippen molar-refractivity contribution in [1.29, 1.82) is 0 Å². The molecule has 0 atom stereocenters. The molecule has 0 spiro atoms. The average Bonchev–Trinajstić information content (AvgIpc) is 2.42. The van der Waals surface area contributed by atoms with Crippen molar-refractivity contribution in [2.45, 2.75) is 13.8 Å². The van der Waals surface area contributed by atoms with Gasteiger partial charge in [0.05, 0.1) is 5.56 Å². The van der Waals surface area contributed by atoms with Crippen LogP contribution >= 0.6 is 0 Å². The minimum atomic E-state index is -0.240. The maximum Gasteiger partial charge on any atom is 0.196 e. The average molecular weight is 252 g/mol. The van der Waals surface area contributed by atoms with Gasteiger partial charge in [-0.25, -0.2) is 0 Å². The molecule has 2 rings (SSSR count). The van der Waals surface area contributed by atoms with Crippen molar-refractivity contribution in [2.75, 3.05) is 0 Å². The second kappa shape index (κ2) is 5.11. The predicted molar refractivity (Wildman–Crippen MR) is 77.4 cm³/mol. The van der Waals surface area contributed by atoms with Gasteiger partial charge in [-0.2, -0.15) is 0 Å². The lowest BCUT2D eigenvalue weighted by atomic mass is 9.95. The van der Waals surface area contributed by atoms with Gasteiger partial charge in [0.25, 0.3) is 0 Å². The van der Waals surface area contributed by atoms with Crippen molar-refractivity contribution in [3.8, 4) is 5.75 Å². The Morgan fingerprint density at radius 3 is 2.37 bits per heavy atom. The number of aryl methyl sites for hydroxylation is 2. The molecule has 0 fully saturated rings. The van der Waals surface area contributed by atoms with Gasteiger partial charge in [-0.3, -0.25) is 4.79 Å². The maximum absolute atomic E-state index is 12.4. The summed E-state index contributed by atoms with van der Waals surface area (Å²) in [7, 11) is 0. The second-order valence-electron chi connectivity index (χ2n) is 4.65. The van der Waals surface area contributed by atoms with Gasteiger partial charge in [0.15, 0.2) is 5.78 Å². The molecule has 0 saturated heterocycles. The van der Waals surface area contributed by atoms with Gasteiger partial charge < -0.3 is 5.11 Å². The minimum absolute atomic E-state index is 0.0349. The van der Waals surface area contributed by atoms with E-state index in [2.05, 4.69) is 6.58 Å². The topological polar surface area (TPSA) is 37.3 Å². The highest BCUT2D eigenvalue weighted by molar-refractivity contribution is 6.29. The third kappa shape index (κ3) is 2.58. The van der Waals surface area contributed by atoms with Crippen LogP contribution in [-0.2, 0) is 0 Å². The molecule has 2 nitrogen and oxygen atoms in total. The van der Waals surface area contributed by atoms with Crippen molar-refractivity contribution in [3.63, 3.8) is 0 Å². The summed E-state index contributed by atoms with van der Waals surface area (Å²) in [4.78, 5) is 12.4. The lowest BCUT2D eigenvalue weighted by Crippen LogP contribution is -2.03. The number of carbonyl (C=O) groups is 1. The maximum atomic E-state index is 12.4. The van der Waals surface area contributed by atoms with Crippen LogP contribution in [0.1, 0.15) is 27.0 Å². The molecule has 0 aliphatic rings. The van der Waals surface area contributed by atoms with E-state index in [1.54, 1.807) is 13.0 Å². The normalized spacial score (nSPS) is 10.2. The van der Waals surface area contributed by atoms with E-state index in [4.69, 9.17) is 0 Å². The van der Waals surface area contributed by atoms with E-state index in [1.165, 1.54) is 0 Å². The van der Waals surface area contributed by atoms with E-state index in [0.29, 0.717) is 16.7 Å². The molecule has 2 aromatic rings. The van der Waals surface area contributed by atoms with Crippen molar-refractivity contribution >= 4 is 11.4 Å². The molecule has 0 radical (unpaired) electrons. The number of Topliss-reactive ketones (excluding diaryl/α,β-unsaturated/α-hetero) is 1. The number of aromatic hydroxyl groups is 1. The summed E-state index contributed by atoms with van der Waals surface area (Å²) in [6.45, 7) is 7.52. The fraction of sp³-hybridized carbons (Fsp3) is 0.118. The minimum Gasteiger partial charge on any atom is -0.507 e. The van der Waals surface area contributed by atoms with Gasteiger partial charge >= 0.3 is 0 Å². The van der Waals surface area contributed by atoms with E-state index in [1.807, 2.05) is 43.3 Å². The first-order valence-electron chi connectivity index (χ1n) is 6.10. The predicted octanol–water partition coefficient (Wildman–Crippen LogP) is 3.91. The van der Waals surface area contributed by atoms with Gasteiger partial charge in [0.2, 0.25) is 0 Å². The number of phenols is 1. The number of rotatable bonds is 3. The van der Waals surface area contributed by atoms with Gasteiger partial charge in [0.1, 0.15) is 5.75 Å². The molecule has 2 aromatic carbocycles. The molecule has 0 aromatic heterocycles. The van der Waals surface area contributed by atoms with Gasteiger partial charge in [0, 0.05) is 5.57 Å². The number of hydrogen-bond acceptors (Lipinski definition) is 2. The van der Waals surface area contributed by atoms with Gasteiger partial charge in [-0.15, -0.1) is 0 Å². The van der Waals surface area contributed by atoms with Crippen LogP contribution in [-0.4, -0.2) is 10.9 Å². The summed E-state index contributed by atoms with van der Waals surface area (Å²) in [5.41, 5.74) is 3.11. The Balaban J connectivity index is 2.43. The van der Waals surface area contributed by atoms with Crippen LogP contribution in [0.4, 0.5) is 0 Å². The lowest BCUT2D eigenvalue weighted by molar-refractivity contribution is 0.105. The van der Waals surface area contributed by atoms with Crippen LogP contribution in [0, 0.1) is 13.8 Å². The zero-order valence-corrected chi connectivity index (χ0v) is 11.1. The lowest BCUT2D eigenvalue weighted by Gasteiger charge is -2.10. The number of benzene rings is 2. The van der Waals surface area contributed by atoms with Crippen LogP contribution in [0.15, 0.2) is 49.0 Å². The van der Waals surface area contributed by atoms with Gasteiger partial charge in [-0.05, 0) is 36.6 Å². The number of allylic oxidation sites excluding steroid dienone is 1. The fourth-order valence-corrected chi connectivity index (χ4v) is 2.07. The first-order valence-corrected chi connectivity index (χ1v) is 6.10. The smallest absolute Gasteiger partial charge is 0.196 e. The summed E-state index contributed by atoms with van der Waals surface area (Å²) in [6, 6.07) is 12.8. The highest BCUT2D eigenvalue weighted by Gasteiger charge is 2.17. The zero-order valence-electron chi connectivity index (χ0n) is 11.1. The molecular formula is C17H16O2. The quantitative estimate of drug-likeness (QED) is 0.664. The number of hydrogen-bond donors (Lipinski definition) is 1. The number of ketones is 1. The summed E-state index contributed by atoms with van der Waals surface area (Å²) in [5.74, 6) is -0.205. The SMILES string of the molecule is C=C(C(=O)c1cc(C)cc(C)c1O)c1ccccc1. The van der Waals surface area contributed by atoms with E-state index in [-0.39, 0.29) is 11.5 Å². The van der Waals surface area contributed by atoms with E-state index < -0.39 is 0 Å². The molecule has 1 N–H and O–H groups in total. The summed E-state index contributed by atoms with van der Waals surface area (Å²) < 4.78 is 0. The molecule has 0 saturated carbocycles. The van der Waals surface area contributed by atoms with Gasteiger partial charge in [-0.1, -0.05) is 43.0 Å². The van der Waals surface area contributed by atoms with Crippen LogP contribution < -0.4 is 0 Å². The Kier molecular flexibility index (Phi) is 3.52. The second-order valence-corrected chi connectivity index (χ2v) is 4.65. The molecule has 19 heavy (non-hydrogen) atoms. The fourth-order valence-electron chi connectivity index (χ4n) is 2.07. The molecule has 0 amide bonds. The molecule has 0 heterocycles. The first-order chi connectivity index (χ1) is 9.00. The summed E-state index contributed by atoms with van der Waals surface area (Å²) in [6.07, 6.45) is 0. The highest BCUT2D eigenvalue weighted by Crippen LogP contribution is 2.28. The Bertz CT molecular complexity index is 640. The van der Waals surface area contributed by atoms with Crippen molar-refractivity contribution in [1.82, 2.24) is 0 Å². The van der Waals surface area contributed by atoms with Crippen LogP contribution in [0.2, 0.25) is 0 Å². The first kappa shape index (κ1) is 13.1. The molecule has 96 valence electrons. The molecule has 0 unspecified atom stereocenters. The summed E-state index contributed by atoms with van der Waals surface area (Å²) in [5, 5.41) is 10.0. The van der Waals surface area contributed by atoms with Crippen LogP contribution in [0.3, 0.4) is 0 Å². The number of carbonyl (C=O) groups excluding carboxylic acids is 1. The van der Waals surface area contributed by atoms with Crippen molar-refractivity contribution in [2.24, 2.45) is 0 Å². The monoisotopic (exact) mass is 252 g/mol. The molecule has 0 bridgehead atoms. The van der Waals surface area contributed by atoms with Crippen LogP contribution in [0.25, 0.3) is 5.57 Å². The van der Waals surface area contributed by atoms with E-state index in [0.717, 1.165) is 11.1 Å².